The van der Waals surface area contributed by atoms with Gasteiger partial charge >= 0.3 is 5.97 Å². The summed E-state index contributed by atoms with van der Waals surface area (Å²) in [7, 11) is -4.01. The van der Waals surface area contributed by atoms with Crippen LogP contribution in [0.5, 0.6) is 0 Å². The zero-order valence-corrected chi connectivity index (χ0v) is 8.04. The lowest BCUT2D eigenvalue weighted by Crippen LogP contribution is -2.41. The van der Waals surface area contributed by atoms with E-state index in [1.54, 1.807) is 0 Å². The first-order valence-corrected chi connectivity index (χ1v) is 5.07. The van der Waals surface area contributed by atoms with Crippen LogP contribution in [0.3, 0.4) is 0 Å². The van der Waals surface area contributed by atoms with Crippen molar-refractivity contribution in [2.75, 3.05) is 0 Å². The first-order chi connectivity index (χ1) is 5.71. The molecule has 0 aliphatic heterocycles. The Hall–Kier alpha value is -1.11. The van der Waals surface area contributed by atoms with Crippen molar-refractivity contribution < 1.29 is 23.1 Å². The number of carbonyl (C=O) groups is 2. The summed E-state index contributed by atoms with van der Waals surface area (Å²) in [5.74, 6) is -2.54. The molecular weight excluding hydrogens is 198 g/mol. The highest BCUT2D eigenvalue weighted by atomic mass is 32.2. The second kappa shape index (κ2) is 3.73. The number of sulfone groups is 1. The summed E-state index contributed by atoms with van der Waals surface area (Å²) in [6.45, 7) is 2.06. The third kappa shape index (κ3) is 2.41. The van der Waals surface area contributed by atoms with E-state index in [4.69, 9.17) is 10.8 Å². The average molecular weight is 209 g/mol. The highest BCUT2D eigenvalue weighted by Gasteiger charge is 2.35. The van der Waals surface area contributed by atoms with Crippen LogP contribution in [0.2, 0.25) is 0 Å². The number of amides is 1. The third-order valence-corrected chi connectivity index (χ3v) is 4.14. The molecule has 1 amide bonds. The smallest absolute Gasteiger partial charge is 0.321 e. The van der Waals surface area contributed by atoms with Gasteiger partial charge in [0.2, 0.25) is 5.91 Å². The van der Waals surface area contributed by atoms with Gasteiger partial charge in [0.15, 0.2) is 15.1 Å². The van der Waals surface area contributed by atoms with Gasteiger partial charge in [-0.05, 0) is 13.8 Å². The number of carboxylic acids is 1. The number of aliphatic carboxylic acids is 1. The van der Waals surface area contributed by atoms with E-state index in [0.29, 0.717) is 0 Å². The molecule has 0 saturated carbocycles. The highest BCUT2D eigenvalue weighted by Crippen LogP contribution is 2.09. The lowest BCUT2D eigenvalue weighted by Gasteiger charge is -2.12. The fraction of sp³-hybridized carbons (Fsp3) is 0.667. The molecule has 7 heteroatoms. The van der Waals surface area contributed by atoms with Gasteiger partial charge in [-0.1, -0.05) is 0 Å². The lowest BCUT2D eigenvalue weighted by molar-refractivity contribution is -0.136. The number of nitrogens with two attached hydrogens (primary N) is 1. The van der Waals surface area contributed by atoms with Crippen molar-refractivity contribution >= 4 is 21.7 Å². The minimum atomic E-state index is -4.01. The maximum Gasteiger partial charge on any atom is 0.321 e. The number of rotatable bonds is 4. The molecule has 0 fully saturated rings. The summed E-state index contributed by atoms with van der Waals surface area (Å²) in [4.78, 5) is 20.9. The predicted molar refractivity (Wildman–Crippen MR) is 44.7 cm³/mol. The Labute approximate surface area is 75.6 Å². The van der Waals surface area contributed by atoms with Crippen molar-refractivity contribution in [1.82, 2.24) is 0 Å². The minimum Gasteiger partial charge on any atom is -0.480 e. The van der Waals surface area contributed by atoms with Crippen LogP contribution in [-0.4, -0.2) is 35.9 Å². The van der Waals surface area contributed by atoms with Gasteiger partial charge in [-0.3, -0.25) is 9.59 Å². The Kier molecular flexibility index (Phi) is 3.42. The molecule has 2 unspecified atom stereocenters. The molecule has 0 aromatic rings. The van der Waals surface area contributed by atoms with Gasteiger partial charge in [-0.25, -0.2) is 8.42 Å². The quantitative estimate of drug-likeness (QED) is 0.600. The number of hydrogen-bond donors (Lipinski definition) is 2. The first-order valence-electron chi connectivity index (χ1n) is 3.46. The summed E-state index contributed by atoms with van der Waals surface area (Å²) in [6.07, 6.45) is 0. The van der Waals surface area contributed by atoms with Crippen LogP contribution in [0.4, 0.5) is 0 Å². The molecule has 6 nitrogen and oxygen atoms in total. The number of carbonyl (C=O) groups excluding carboxylic acids is 1. The number of hydrogen-bond acceptors (Lipinski definition) is 4. The molecule has 3 N–H and O–H groups in total. The van der Waals surface area contributed by atoms with Crippen molar-refractivity contribution in [2.45, 2.75) is 24.3 Å². The SMILES string of the molecule is CC(C(N)=O)S(=O)(=O)C(C)C(=O)O. The predicted octanol–water partition coefficient (Wildman–Crippen LogP) is -1.25. The molecule has 0 aliphatic carbocycles. The monoisotopic (exact) mass is 209 g/mol. The van der Waals surface area contributed by atoms with E-state index in [0.717, 1.165) is 13.8 Å². The van der Waals surface area contributed by atoms with Gasteiger partial charge in [-0.2, -0.15) is 0 Å². The molecule has 0 radical (unpaired) electrons. The zero-order valence-electron chi connectivity index (χ0n) is 7.22. The van der Waals surface area contributed by atoms with Crippen LogP contribution in [-0.2, 0) is 19.4 Å². The summed E-state index contributed by atoms with van der Waals surface area (Å²) in [5, 5.41) is 5.33. The van der Waals surface area contributed by atoms with Crippen molar-refractivity contribution in [3.63, 3.8) is 0 Å². The maximum absolute atomic E-state index is 11.2. The molecule has 76 valence electrons. The molecule has 2 atom stereocenters. The van der Waals surface area contributed by atoms with Gasteiger partial charge in [0.05, 0.1) is 0 Å². The van der Waals surface area contributed by atoms with E-state index < -0.39 is 32.2 Å². The fourth-order valence-corrected chi connectivity index (χ4v) is 1.83. The molecular formula is C6H11NO5S. The maximum atomic E-state index is 11.2. The van der Waals surface area contributed by atoms with E-state index in [9.17, 15) is 18.0 Å². The van der Waals surface area contributed by atoms with Crippen LogP contribution in [0.15, 0.2) is 0 Å². The van der Waals surface area contributed by atoms with Crippen LogP contribution < -0.4 is 5.73 Å². The highest BCUT2D eigenvalue weighted by molar-refractivity contribution is 7.94. The van der Waals surface area contributed by atoms with E-state index in [1.807, 2.05) is 0 Å². The minimum absolute atomic E-state index is 0.997. The molecule has 0 saturated heterocycles. The molecule has 0 heterocycles. The number of primary amides is 1. The second-order valence-electron chi connectivity index (χ2n) is 2.61. The molecule has 0 aromatic heterocycles. The van der Waals surface area contributed by atoms with Gasteiger partial charge in [-0.15, -0.1) is 0 Å². The first kappa shape index (κ1) is 11.9. The van der Waals surface area contributed by atoms with Crippen molar-refractivity contribution in [3.8, 4) is 0 Å². The Morgan fingerprint density at radius 3 is 1.85 bits per heavy atom. The average Bonchev–Trinajstić information content (AvgIpc) is 2.01. The number of carboxylic acid groups (broad SMARTS) is 1. The normalized spacial score (nSPS) is 16.2. The Balaban J connectivity index is 4.99. The summed E-state index contributed by atoms with van der Waals surface area (Å²) >= 11 is 0. The lowest BCUT2D eigenvalue weighted by atomic mass is 10.5. The van der Waals surface area contributed by atoms with Crippen LogP contribution in [0, 0.1) is 0 Å². The van der Waals surface area contributed by atoms with Crippen molar-refractivity contribution in [3.05, 3.63) is 0 Å². The third-order valence-electron chi connectivity index (χ3n) is 1.73. The van der Waals surface area contributed by atoms with Gasteiger partial charge in [0.25, 0.3) is 0 Å². The Morgan fingerprint density at radius 2 is 1.62 bits per heavy atom. The topological polar surface area (TPSA) is 115 Å². The van der Waals surface area contributed by atoms with E-state index >= 15 is 0 Å². The Bertz CT molecular complexity index is 294. The van der Waals surface area contributed by atoms with Gasteiger partial charge < -0.3 is 10.8 Å². The Morgan fingerprint density at radius 1 is 1.23 bits per heavy atom. The van der Waals surface area contributed by atoms with Crippen LogP contribution in [0.25, 0.3) is 0 Å². The summed E-state index contributed by atoms with van der Waals surface area (Å²) < 4.78 is 22.5. The largest absolute Gasteiger partial charge is 0.480 e. The standard InChI is InChI=1S/C6H11NO5S/c1-3(5(7)8)13(11,12)4(2)6(9)10/h3-4H,1-2H3,(H2,7,8)(H,9,10). The van der Waals surface area contributed by atoms with Crippen LogP contribution in [0.1, 0.15) is 13.8 Å². The summed E-state index contributed by atoms with van der Waals surface area (Å²) in [6, 6.07) is 0. The zero-order chi connectivity index (χ0) is 10.8. The van der Waals surface area contributed by atoms with E-state index in [2.05, 4.69) is 0 Å². The fourth-order valence-electron chi connectivity index (χ4n) is 0.609. The van der Waals surface area contributed by atoms with Crippen molar-refractivity contribution in [2.24, 2.45) is 5.73 Å². The van der Waals surface area contributed by atoms with E-state index in [1.165, 1.54) is 0 Å². The molecule has 0 aliphatic rings. The molecule has 0 aromatic carbocycles. The van der Waals surface area contributed by atoms with Gasteiger partial charge in [0.1, 0.15) is 5.25 Å². The summed E-state index contributed by atoms with van der Waals surface area (Å²) in [5.41, 5.74) is 4.75. The van der Waals surface area contributed by atoms with Crippen LogP contribution >= 0.6 is 0 Å². The molecule has 0 bridgehead atoms. The molecule has 0 spiro atoms. The van der Waals surface area contributed by atoms with Crippen molar-refractivity contribution in [1.29, 1.82) is 0 Å². The molecule has 13 heavy (non-hydrogen) atoms. The second-order valence-corrected chi connectivity index (χ2v) is 5.21. The van der Waals surface area contributed by atoms with E-state index in [-0.39, 0.29) is 0 Å². The van der Waals surface area contributed by atoms with Gasteiger partial charge in [0, 0.05) is 0 Å². The molecule has 0 rings (SSSR count).